The summed E-state index contributed by atoms with van der Waals surface area (Å²) in [6.07, 6.45) is 0. The number of phenols is 2. The van der Waals surface area contributed by atoms with Crippen molar-refractivity contribution in [2.24, 2.45) is 0 Å². The molecule has 0 aromatic heterocycles. The van der Waals surface area contributed by atoms with Gasteiger partial charge in [0.15, 0.2) is 0 Å². The topological polar surface area (TPSA) is 61.7 Å². The second-order valence-electron chi connectivity index (χ2n) is 3.75. The largest absolute Gasteiger partial charge is 0.508 e. The molecule has 0 bridgehead atoms. The lowest BCUT2D eigenvalue weighted by Gasteiger charge is -2.14. The fourth-order valence-electron chi connectivity index (χ4n) is 1.34. The highest BCUT2D eigenvalue weighted by Crippen LogP contribution is 2.22. The van der Waals surface area contributed by atoms with Crippen molar-refractivity contribution < 1.29 is 14.9 Å². The lowest BCUT2D eigenvalue weighted by molar-refractivity contribution is 0.127. The van der Waals surface area contributed by atoms with E-state index in [1.54, 1.807) is 12.1 Å². The molecule has 0 aliphatic carbocycles. The van der Waals surface area contributed by atoms with Gasteiger partial charge in [-0.25, -0.2) is 0 Å². The molecular formula is C12H19NO3. The monoisotopic (exact) mass is 225 g/mol. The molecule has 0 aliphatic heterocycles. The van der Waals surface area contributed by atoms with Gasteiger partial charge in [-0.15, -0.1) is 0 Å². The van der Waals surface area contributed by atoms with Crippen molar-refractivity contribution in [3.05, 3.63) is 23.8 Å². The Kier molecular flexibility index (Phi) is 5.08. The summed E-state index contributed by atoms with van der Waals surface area (Å²) in [7, 11) is 0. The van der Waals surface area contributed by atoms with Gasteiger partial charge in [0, 0.05) is 30.8 Å². The fourth-order valence-corrected chi connectivity index (χ4v) is 1.34. The molecule has 4 nitrogen and oxygen atoms in total. The first-order valence-corrected chi connectivity index (χ1v) is 5.45. The smallest absolute Gasteiger partial charge is 0.123 e. The van der Waals surface area contributed by atoms with Gasteiger partial charge in [0.2, 0.25) is 0 Å². The van der Waals surface area contributed by atoms with E-state index in [0.717, 1.165) is 5.56 Å². The molecule has 1 unspecified atom stereocenters. The first kappa shape index (κ1) is 12.8. The highest BCUT2D eigenvalue weighted by atomic mass is 16.5. The minimum atomic E-state index is 0.0728. The van der Waals surface area contributed by atoms with E-state index in [-0.39, 0.29) is 17.5 Å². The highest BCUT2D eigenvalue weighted by Gasteiger charge is 2.05. The van der Waals surface area contributed by atoms with Gasteiger partial charge in [0.1, 0.15) is 11.5 Å². The van der Waals surface area contributed by atoms with Gasteiger partial charge >= 0.3 is 0 Å². The van der Waals surface area contributed by atoms with Gasteiger partial charge in [-0.05, 0) is 19.9 Å². The lowest BCUT2D eigenvalue weighted by Crippen LogP contribution is -2.30. The van der Waals surface area contributed by atoms with Crippen molar-refractivity contribution in [2.45, 2.75) is 26.4 Å². The fraction of sp³-hybridized carbons (Fsp3) is 0.500. The minimum Gasteiger partial charge on any atom is -0.508 e. The first-order valence-electron chi connectivity index (χ1n) is 5.45. The summed E-state index contributed by atoms with van der Waals surface area (Å²) in [6, 6.07) is 4.83. The van der Waals surface area contributed by atoms with Crippen LogP contribution in [-0.4, -0.2) is 29.5 Å². The Morgan fingerprint density at radius 3 is 2.75 bits per heavy atom. The van der Waals surface area contributed by atoms with E-state index >= 15 is 0 Å². The molecule has 0 fully saturated rings. The second-order valence-corrected chi connectivity index (χ2v) is 3.75. The van der Waals surface area contributed by atoms with E-state index in [4.69, 9.17) is 9.84 Å². The predicted molar refractivity (Wildman–Crippen MR) is 62.6 cm³/mol. The molecule has 0 heterocycles. The van der Waals surface area contributed by atoms with Crippen LogP contribution in [0.3, 0.4) is 0 Å². The molecule has 1 aromatic carbocycles. The zero-order valence-electron chi connectivity index (χ0n) is 9.73. The zero-order valence-corrected chi connectivity index (χ0v) is 9.73. The van der Waals surface area contributed by atoms with E-state index in [2.05, 4.69) is 5.32 Å². The SMILES string of the molecule is CCOCC(C)NCc1ccc(O)cc1O. The number of ether oxygens (including phenoxy) is 1. The Labute approximate surface area is 95.9 Å². The number of aromatic hydroxyl groups is 2. The Morgan fingerprint density at radius 2 is 2.12 bits per heavy atom. The predicted octanol–water partition coefficient (Wildman–Crippen LogP) is 1.61. The number of hydrogen-bond donors (Lipinski definition) is 3. The van der Waals surface area contributed by atoms with Crippen LogP contribution in [0.25, 0.3) is 0 Å². The molecule has 0 saturated carbocycles. The summed E-state index contributed by atoms with van der Waals surface area (Å²) < 4.78 is 5.27. The van der Waals surface area contributed by atoms with Gasteiger partial charge in [0.05, 0.1) is 6.61 Å². The minimum absolute atomic E-state index is 0.0728. The lowest BCUT2D eigenvalue weighted by atomic mass is 10.2. The summed E-state index contributed by atoms with van der Waals surface area (Å²) in [5, 5.41) is 21.9. The number of benzene rings is 1. The molecule has 1 aromatic rings. The second kappa shape index (κ2) is 6.35. The van der Waals surface area contributed by atoms with Crippen molar-refractivity contribution in [3.8, 4) is 11.5 Å². The van der Waals surface area contributed by atoms with Crippen LogP contribution in [0.5, 0.6) is 11.5 Å². The van der Waals surface area contributed by atoms with E-state index in [1.165, 1.54) is 6.07 Å². The summed E-state index contributed by atoms with van der Waals surface area (Å²) in [5.41, 5.74) is 0.765. The van der Waals surface area contributed by atoms with E-state index < -0.39 is 0 Å². The van der Waals surface area contributed by atoms with Crippen LogP contribution in [0.15, 0.2) is 18.2 Å². The van der Waals surface area contributed by atoms with Gasteiger partial charge in [-0.3, -0.25) is 0 Å². The van der Waals surface area contributed by atoms with E-state index in [1.807, 2.05) is 13.8 Å². The maximum Gasteiger partial charge on any atom is 0.123 e. The first-order chi connectivity index (χ1) is 7.63. The quantitative estimate of drug-likeness (QED) is 0.688. The van der Waals surface area contributed by atoms with Crippen molar-refractivity contribution in [3.63, 3.8) is 0 Å². The highest BCUT2D eigenvalue weighted by molar-refractivity contribution is 5.38. The molecule has 16 heavy (non-hydrogen) atoms. The van der Waals surface area contributed by atoms with Crippen LogP contribution in [-0.2, 0) is 11.3 Å². The molecule has 0 aliphatic rings. The van der Waals surface area contributed by atoms with Gasteiger partial charge in [-0.2, -0.15) is 0 Å². The maximum absolute atomic E-state index is 9.55. The van der Waals surface area contributed by atoms with E-state index in [0.29, 0.717) is 19.8 Å². The van der Waals surface area contributed by atoms with Crippen molar-refractivity contribution >= 4 is 0 Å². The van der Waals surface area contributed by atoms with Crippen LogP contribution in [0.4, 0.5) is 0 Å². The number of nitrogens with one attached hydrogen (secondary N) is 1. The average Bonchev–Trinajstić information content (AvgIpc) is 2.25. The Bertz CT molecular complexity index is 328. The maximum atomic E-state index is 9.55. The van der Waals surface area contributed by atoms with Crippen LogP contribution in [0, 0.1) is 0 Å². The van der Waals surface area contributed by atoms with Crippen LogP contribution in [0.1, 0.15) is 19.4 Å². The van der Waals surface area contributed by atoms with Gasteiger partial charge < -0.3 is 20.3 Å². The summed E-state index contributed by atoms with van der Waals surface area (Å²) in [4.78, 5) is 0. The average molecular weight is 225 g/mol. The Balaban J connectivity index is 2.42. The molecule has 4 heteroatoms. The Hall–Kier alpha value is -1.26. The van der Waals surface area contributed by atoms with Gasteiger partial charge in [0.25, 0.3) is 0 Å². The van der Waals surface area contributed by atoms with Gasteiger partial charge in [-0.1, -0.05) is 6.07 Å². The normalized spacial score (nSPS) is 12.6. The van der Waals surface area contributed by atoms with Crippen LogP contribution < -0.4 is 5.32 Å². The van der Waals surface area contributed by atoms with E-state index in [9.17, 15) is 5.11 Å². The Morgan fingerprint density at radius 1 is 1.38 bits per heavy atom. The third-order valence-corrected chi connectivity index (χ3v) is 2.28. The molecule has 0 amide bonds. The van der Waals surface area contributed by atoms with Crippen LogP contribution in [0.2, 0.25) is 0 Å². The molecule has 90 valence electrons. The number of rotatable bonds is 6. The molecule has 1 rings (SSSR count). The van der Waals surface area contributed by atoms with Crippen molar-refractivity contribution in [2.75, 3.05) is 13.2 Å². The number of phenolic OH excluding ortho intramolecular Hbond substituents is 2. The standard InChI is InChI=1S/C12H19NO3/c1-3-16-8-9(2)13-7-10-4-5-11(14)6-12(10)15/h4-6,9,13-15H,3,7-8H2,1-2H3. The zero-order chi connectivity index (χ0) is 12.0. The molecule has 0 saturated heterocycles. The third-order valence-electron chi connectivity index (χ3n) is 2.28. The summed E-state index contributed by atoms with van der Waals surface area (Å²) in [6.45, 7) is 5.89. The van der Waals surface area contributed by atoms with Crippen LogP contribution >= 0.6 is 0 Å². The molecular weight excluding hydrogens is 206 g/mol. The van der Waals surface area contributed by atoms with Crippen molar-refractivity contribution in [1.29, 1.82) is 0 Å². The summed E-state index contributed by atoms with van der Waals surface area (Å²) in [5.74, 6) is 0.180. The molecule has 3 N–H and O–H groups in total. The summed E-state index contributed by atoms with van der Waals surface area (Å²) >= 11 is 0. The third kappa shape index (κ3) is 4.08. The van der Waals surface area contributed by atoms with Crippen molar-refractivity contribution in [1.82, 2.24) is 5.32 Å². The molecule has 0 radical (unpaired) electrons. The number of hydrogen-bond acceptors (Lipinski definition) is 4. The molecule has 1 atom stereocenters. The molecule has 0 spiro atoms.